The van der Waals surface area contributed by atoms with Gasteiger partial charge in [0.25, 0.3) is 0 Å². The van der Waals surface area contributed by atoms with Gasteiger partial charge in [0, 0.05) is 10.6 Å². The molecular formula is C23H16ClFN2O3S2. The fourth-order valence-corrected chi connectivity index (χ4v) is 5.24. The van der Waals surface area contributed by atoms with Gasteiger partial charge in [-0.15, -0.1) is 0 Å². The molecule has 3 aromatic carbocycles. The normalized spacial score (nSPS) is 11.4. The predicted octanol–water partition coefficient (Wildman–Crippen LogP) is 6.45. The zero-order chi connectivity index (χ0) is 22.5. The summed E-state index contributed by atoms with van der Waals surface area (Å²) < 4.78 is 20.1. The highest BCUT2D eigenvalue weighted by atomic mass is 35.5. The second kappa shape index (κ2) is 9.95. The fourth-order valence-electron chi connectivity index (χ4n) is 2.98. The van der Waals surface area contributed by atoms with Crippen LogP contribution < -0.4 is 14.7 Å². The zero-order valence-electron chi connectivity index (χ0n) is 16.4. The van der Waals surface area contributed by atoms with Gasteiger partial charge in [0.15, 0.2) is 4.67 Å². The van der Waals surface area contributed by atoms with E-state index in [4.69, 9.17) is 21.5 Å². The number of anilines is 2. The highest BCUT2D eigenvalue weighted by Gasteiger charge is 2.13. The van der Waals surface area contributed by atoms with Crippen molar-refractivity contribution in [3.05, 3.63) is 93.9 Å². The first-order valence-corrected chi connectivity index (χ1v) is 11.9. The lowest BCUT2D eigenvalue weighted by molar-refractivity contribution is -0.133. The van der Waals surface area contributed by atoms with Gasteiger partial charge in [-0.2, -0.15) is 0 Å². The Kier molecular flexibility index (Phi) is 6.84. The molecule has 162 valence electrons. The topological polar surface area (TPSA) is 70.9 Å². The molecule has 5 nitrogen and oxygen atoms in total. The van der Waals surface area contributed by atoms with E-state index in [1.165, 1.54) is 32.8 Å². The van der Waals surface area contributed by atoms with Crippen molar-refractivity contribution >= 4 is 49.6 Å². The molecular weight excluding hydrogens is 471 g/mol. The molecule has 0 amide bonds. The second-order valence-electron chi connectivity index (χ2n) is 6.67. The van der Waals surface area contributed by atoms with Gasteiger partial charge in [-0.25, -0.2) is 4.39 Å². The van der Waals surface area contributed by atoms with E-state index in [9.17, 15) is 9.18 Å². The Labute approximate surface area is 195 Å². The maximum absolute atomic E-state index is 14.1. The molecule has 0 unspecified atom stereocenters. The molecule has 0 aliphatic heterocycles. The molecule has 0 aliphatic carbocycles. The second-order valence-corrected chi connectivity index (χ2v) is 9.27. The average molecular weight is 487 g/mol. The summed E-state index contributed by atoms with van der Waals surface area (Å²) in [6, 6.07) is 20.4. The van der Waals surface area contributed by atoms with Crippen LogP contribution in [0.25, 0.3) is 10.4 Å². The molecule has 0 spiro atoms. The lowest BCUT2D eigenvalue weighted by Crippen LogP contribution is -2.12. The molecule has 1 aromatic heterocycles. The number of halogens is 2. The quantitative estimate of drug-likeness (QED) is 0.108. The Morgan fingerprint density at radius 3 is 2.56 bits per heavy atom. The van der Waals surface area contributed by atoms with Gasteiger partial charge >= 0.3 is 5.97 Å². The zero-order valence-corrected chi connectivity index (χ0v) is 18.8. The van der Waals surface area contributed by atoms with Crippen LogP contribution in [0.5, 0.6) is 5.75 Å². The lowest BCUT2D eigenvalue weighted by atomic mass is 10.1. The van der Waals surface area contributed by atoms with Crippen molar-refractivity contribution in [1.29, 1.82) is 0 Å². The van der Waals surface area contributed by atoms with Crippen LogP contribution in [-0.2, 0) is 11.2 Å². The van der Waals surface area contributed by atoms with Gasteiger partial charge in [0.1, 0.15) is 11.6 Å². The van der Waals surface area contributed by atoms with E-state index in [0.29, 0.717) is 21.7 Å². The van der Waals surface area contributed by atoms with Crippen LogP contribution in [0, 0.1) is 5.82 Å². The fraction of sp³-hybridized carbons (Fsp3) is 0.0435. The first kappa shape index (κ1) is 22.0. The summed E-state index contributed by atoms with van der Waals surface area (Å²) in [5.41, 5.74) is 2.29. The van der Waals surface area contributed by atoms with Crippen molar-refractivity contribution < 1.29 is 19.1 Å². The number of hydrogen-bond acceptors (Lipinski definition) is 7. The third-order valence-corrected chi connectivity index (χ3v) is 7.12. The number of nitrogens with one attached hydrogen (secondary N) is 1. The first-order valence-electron chi connectivity index (χ1n) is 9.42. The summed E-state index contributed by atoms with van der Waals surface area (Å²) in [5, 5.41) is 15.2. The molecule has 4 rings (SSSR count). The van der Waals surface area contributed by atoms with Crippen molar-refractivity contribution in [3.63, 3.8) is 0 Å². The van der Waals surface area contributed by atoms with Gasteiger partial charge in [0.2, 0.25) is 0 Å². The molecule has 0 saturated heterocycles. The van der Waals surface area contributed by atoms with Crippen molar-refractivity contribution in [2.75, 3.05) is 5.32 Å². The molecule has 32 heavy (non-hydrogen) atoms. The van der Waals surface area contributed by atoms with E-state index in [1.54, 1.807) is 48.5 Å². The Hall–Kier alpha value is -3.20. The van der Waals surface area contributed by atoms with Crippen molar-refractivity contribution in [1.82, 2.24) is 0 Å². The van der Waals surface area contributed by atoms with E-state index >= 15 is 0 Å². The van der Waals surface area contributed by atoms with Crippen LogP contribution in [0.1, 0.15) is 5.56 Å². The molecule has 2 N–H and O–H groups in total. The summed E-state index contributed by atoms with van der Waals surface area (Å²) >= 11 is 6.10. The molecule has 0 aliphatic rings. The largest absolute Gasteiger partial charge is 0.426 e. The summed E-state index contributed by atoms with van der Waals surface area (Å²) in [4.78, 5) is 13.5. The first-order chi connectivity index (χ1) is 15.5. The SMILES string of the molecule is O=C(Cc1ccccc1Nc1c(F)cccc1Cl)Oc1ccc(-c2c/c(=N/O)ss2)cc1. The van der Waals surface area contributed by atoms with Crippen LogP contribution in [-0.4, -0.2) is 11.2 Å². The number of carbonyl (C=O) groups excluding carboxylic acids is 1. The van der Waals surface area contributed by atoms with E-state index in [1.807, 2.05) is 12.1 Å². The number of benzene rings is 3. The van der Waals surface area contributed by atoms with Crippen molar-refractivity contribution in [3.8, 4) is 16.2 Å². The molecule has 1 heterocycles. The van der Waals surface area contributed by atoms with Crippen LogP contribution in [0.3, 0.4) is 0 Å². The molecule has 0 fully saturated rings. The Balaban J connectivity index is 1.45. The molecule has 0 atom stereocenters. The minimum absolute atomic E-state index is 0.00896. The summed E-state index contributed by atoms with van der Waals surface area (Å²) in [5.74, 6) is -0.527. The smallest absolute Gasteiger partial charge is 0.315 e. The van der Waals surface area contributed by atoms with E-state index in [-0.39, 0.29) is 17.1 Å². The van der Waals surface area contributed by atoms with E-state index < -0.39 is 11.8 Å². The number of nitrogens with zero attached hydrogens (tertiary/aromatic N) is 1. The monoisotopic (exact) mass is 486 g/mol. The minimum atomic E-state index is -0.485. The molecule has 0 saturated carbocycles. The third kappa shape index (κ3) is 5.16. The maximum Gasteiger partial charge on any atom is 0.315 e. The molecule has 4 aromatic rings. The van der Waals surface area contributed by atoms with Gasteiger partial charge < -0.3 is 15.3 Å². The van der Waals surface area contributed by atoms with Gasteiger partial charge in [0.05, 0.1) is 17.1 Å². The number of para-hydroxylation sites is 2. The number of carbonyl (C=O) groups is 1. The highest BCUT2D eigenvalue weighted by Crippen LogP contribution is 2.30. The Morgan fingerprint density at radius 2 is 1.84 bits per heavy atom. The third-order valence-electron chi connectivity index (χ3n) is 4.52. The molecule has 9 heteroatoms. The predicted molar refractivity (Wildman–Crippen MR) is 125 cm³/mol. The standard InChI is InChI=1S/C23H16ClFN2O3S2/c24-17-5-3-6-18(25)23(17)26-19-7-2-1-4-15(19)12-22(28)30-16-10-8-14(9-11-16)20-13-21(27-29)32-31-20/h1-11,13,26,29H,12H2/b27-21-. The number of ether oxygens (including phenoxy) is 1. The minimum Gasteiger partial charge on any atom is -0.426 e. The van der Waals surface area contributed by atoms with Crippen LogP contribution >= 0.6 is 32.3 Å². The van der Waals surface area contributed by atoms with Crippen molar-refractivity contribution in [2.45, 2.75) is 6.42 Å². The number of rotatable bonds is 6. The lowest BCUT2D eigenvalue weighted by Gasteiger charge is -2.13. The van der Waals surface area contributed by atoms with Crippen LogP contribution in [0.15, 0.2) is 78.0 Å². The summed E-state index contributed by atoms with van der Waals surface area (Å²) in [6.45, 7) is 0. The van der Waals surface area contributed by atoms with Crippen LogP contribution in [0.2, 0.25) is 5.02 Å². The van der Waals surface area contributed by atoms with Crippen molar-refractivity contribution in [2.24, 2.45) is 5.16 Å². The Morgan fingerprint density at radius 1 is 1.06 bits per heavy atom. The molecule has 0 radical (unpaired) electrons. The molecule has 0 bridgehead atoms. The van der Waals surface area contributed by atoms with Crippen LogP contribution in [0.4, 0.5) is 15.8 Å². The Bertz CT molecular complexity index is 1300. The average Bonchev–Trinajstić information content (AvgIpc) is 3.27. The number of esters is 1. The van der Waals surface area contributed by atoms with Gasteiger partial charge in [-0.05, 0) is 59.7 Å². The van der Waals surface area contributed by atoms with E-state index in [0.717, 1.165) is 10.4 Å². The van der Waals surface area contributed by atoms with E-state index in [2.05, 4.69) is 10.5 Å². The van der Waals surface area contributed by atoms with Gasteiger partial charge in [-0.3, -0.25) is 4.79 Å². The summed E-state index contributed by atoms with van der Waals surface area (Å²) in [6.07, 6.45) is -0.00896. The summed E-state index contributed by atoms with van der Waals surface area (Å²) in [7, 11) is 2.86. The number of hydrogen-bond donors (Lipinski definition) is 2. The maximum atomic E-state index is 14.1. The highest BCUT2D eigenvalue weighted by molar-refractivity contribution is 7.69. The van der Waals surface area contributed by atoms with Gasteiger partial charge in [-0.1, -0.05) is 61.7 Å².